The highest BCUT2D eigenvalue weighted by Crippen LogP contribution is 2.47. The molecule has 0 aromatic carbocycles. The molecule has 0 aromatic heterocycles. The summed E-state index contributed by atoms with van der Waals surface area (Å²) in [5.74, 6) is 0.831. The number of carbonyl (C=O) groups is 2. The first kappa shape index (κ1) is 14.7. The second-order valence-electron chi connectivity index (χ2n) is 5.31. The number of nitrogens with zero attached hydrogens (tertiary/aromatic N) is 1. The quantitative estimate of drug-likeness (QED) is 0.700. The number of hydrogen-bond acceptors (Lipinski definition) is 4. The van der Waals surface area contributed by atoms with Crippen molar-refractivity contribution < 1.29 is 9.59 Å². The Bertz CT molecular complexity index is 364. The molecule has 2 N–H and O–H groups in total. The van der Waals surface area contributed by atoms with Crippen LogP contribution >= 0.6 is 11.8 Å². The minimum absolute atomic E-state index is 0.00947. The van der Waals surface area contributed by atoms with Crippen molar-refractivity contribution in [1.29, 1.82) is 0 Å². The molecular formula is C13H23N3O2S. The molecule has 2 rings (SSSR count). The van der Waals surface area contributed by atoms with Crippen LogP contribution in [0.1, 0.15) is 33.1 Å². The highest BCUT2D eigenvalue weighted by Gasteiger charge is 2.52. The van der Waals surface area contributed by atoms with Crippen molar-refractivity contribution >= 4 is 23.6 Å². The first-order valence-corrected chi connectivity index (χ1v) is 8.01. The van der Waals surface area contributed by atoms with E-state index in [1.807, 2.05) is 0 Å². The molecule has 2 amide bonds. The number of fused-ring (bicyclic) bond motifs is 1. The topological polar surface area (TPSA) is 61.4 Å². The van der Waals surface area contributed by atoms with Crippen LogP contribution in [-0.4, -0.2) is 53.0 Å². The van der Waals surface area contributed by atoms with E-state index >= 15 is 0 Å². The van der Waals surface area contributed by atoms with E-state index in [1.54, 1.807) is 16.7 Å². The Labute approximate surface area is 118 Å². The van der Waals surface area contributed by atoms with Crippen LogP contribution in [0.15, 0.2) is 0 Å². The number of amides is 2. The number of rotatable bonds is 6. The maximum absolute atomic E-state index is 12.2. The van der Waals surface area contributed by atoms with Gasteiger partial charge in [-0.15, -0.1) is 11.8 Å². The molecule has 2 atom stereocenters. The van der Waals surface area contributed by atoms with Crippen LogP contribution < -0.4 is 10.6 Å². The van der Waals surface area contributed by atoms with Crippen molar-refractivity contribution in [1.82, 2.24) is 15.5 Å². The number of thioether (sulfide) groups is 1. The molecule has 0 saturated carbocycles. The molecule has 108 valence electrons. The van der Waals surface area contributed by atoms with E-state index in [1.165, 1.54) is 0 Å². The molecule has 6 heteroatoms. The van der Waals surface area contributed by atoms with E-state index in [-0.39, 0.29) is 22.7 Å². The third kappa shape index (κ3) is 3.05. The van der Waals surface area contributed by atoms with E-state index in [2.05, 4.69) is 24.5 Å². The molecule has 2 saturated heterocycles. The number of carbonyl (C=O) groups excluding carboxylic acids is 2. The maximum atomic E-state index is 12.2. The predicted octanol–water partition coefficient (Wildman–Crippen LogP) is 0.556. The van der Waals surface area contributed by atoms with E-state index in [0.29, 0.717) is 13.0 Å². The molecular weight excluding hydrogens is 262 g/mol. The zero-order chi connectivity index (χ0) is 13.9. The molecule has 0 aromatic rings. The molecule has 2 fully saturated rings. The van der Waals surface area contributed by atoms with Crippen molar-refractivity contribution in [2.24, 2.45) is 0 Å². The standard InChI is InChI=1S/C13H23N3O2S/c1-3-6-14-7-8-15-12(18)10-9-19-13(2)5-4-11(17)16(10)13/h10,14H,3-9H2,1-2H3,(H,15,18). The second-order valence-corrected chi connectivity index (χ2v) is 6.81. The summed E-state index contributed by atoms with van der Waals surface area (Å²) in [7, 11) is 0. The Morgan fingerprint density at radius 3 is 3.00 bits per heavy atom. The maximum Gasteiger partial charge on any atom is 0.243 e. The summed E-state index contributed by atoms with van der Waals surface area (Å²) in [6, 6.07) is -0.281. The van der Waals surface area contributed by atoms with Crippen LogP contribution in [0.5, 0.6) is 0 Å². The largest absolute Gasteiger partial charge is 0.353 e. The Hall–Kier alpha value is -0.750. The van der Waals surface area contributed by atoms with Crippen molar-refractivity contribution in [3.8, 4) is 0 Å². The van der Waals surface area contributed by atoms with Gasteiger partial charge in [-0.2, -0.15) is 0 Å². The fourth-order valence-corrected chi connectivity index (χ4v) is 4.14. The van der Waals surface area contributed by atoms with Gasteiger partial charge in [-0.05, 0) is 26.3 Å². The second kappa shape index (κ2) is 6.13. The van der Waals surface area contributed by atoms with Crippen molar-refractivity contribution in [2.45, 2.75) is 44.0 Å². The van der Waals surface area contributed by atoms with Crippen LogP contribution in [0.4, 0.5) is 0 Å². The van der Waals surface area contributed by atoms with E-state index in [0.717, 1.165) is 31.7 Å². The minimum Gasteiger partial charge on any atom is -0.353 e. The van der Waals surface area contributed by atoms with Crippen molar-refractivity contribution in [3.05, 3.63) is 0 Å². The van der Waals surface area contributed by atoms with Gasteiger partial charge < -0.3 is 15.5 Å². The Morgan fingerprint density at radius 1 is 1.47 bits per heavy atom. The molecule has 5 nitrogen and oxygen atoms in total. The molecule has 0 bridgehead atoms. The summed E-state index contributed by atoms with van der Waals surface area (Å²) in [5, 5.41) is 6.17. The van der Waals surface area contributed by atoms with Gasteiger partial charge >= 0.3 is 0 Å². The minimum atomic E-state index is -0.281. The third-order valence-electron chi connectivity index (χ3n) is 3.78. The van der Waals surface area contributed by atoms with Crippen molar-refractivity contribution in [2.75, 3.05) is 25.4 Å². The Kier molecular flexibility index (Phi) is 4.73. The van der Waals surface area contributed by atoms with E-state index in [9.17, 15) is 9.59 Å². The fourth-order valence-electron chi connectivity index (χ4n) is 2.71. The van der Waals surface area contributed by atoms with Gasteiger partial charge in [0.2, 0.25) is 11.8 Å². The Morgan fingerprint density at radius 2 is 2.26 bits per heavy atom. The fraction of sp³-hybridized carbons (Fsp3) is 0.846. The lowest BCUT2D eigenvalue weighted by Crippen LogP contribution is -2.50. The van der Waals surface area contributed by atoms with Crippen LogP contribution in [0.25, 0.3) is 0 Å². The molecule has 0 radical (unpaired) electrons. The van der Waals surface area contributed by atoms with Gasteiger partial charge in [-0.3, -0.25) is 9.59 Å². The van der Waals surface area contributed by atoms with Crippen LogP contribution in [-0.2, 0) is 9.59 Å². The SMILES string of the molecule is CCCNCCNC(=O)C1CSC2(C)CCC(=O)N12. The molecule has 2 aliphatic heterocycles. The lowest BCUT2D eigenvalue weighted by molar-refractivity contribution is -0.137. The smallest absolute Gasteiger partial charge is 0.243 e. The van der Waals surface area contributed by atoms with Gasteiger partial charge in [-0.1, -0.05) is 6.92 Å². The lowest BCUT2D eigenvalue weighted by atomic mass is 10.2. The molecule has 0 aliphatic carbocycles. The van der Waals surface area contributed by atoms with Crippen molar-refractivity contribution in [3.63, 3.8) is 0 Å². The zero-order valence-electron chi connectivity index (χ0n) is 11.7. The average molecular weight is 285 g/mol. The normalized spacial score (nSPS) is 29.7. The van der Waals surface area contributed by atoms with Gasteiger partial charge in [0.05, 0.1) is 4.87 Å². The lowest BCUT2D eigenvalue weighted by Gasteiger charge is -2.29. The van der Waals surface area contributed by atoms with E-state index in [4.69, 9.17) is 0 Å². The third-order valence-corrected chi connectivity index (χ3v) is 5.28. The van der Waals surface area contributed by atoms with Gasteiger partial charge in [0, 0.05) is 25.3 Å². The molecule has 2 unspecified atom stereocenters. The summed E-state index contributed by atoms with van der Waals surface area (Å²) in [6.45, 7) is 6.56. The molecule has 19 heavy (non-hydrogen) atoms. The average Bonchev–Trinajstić information content (AvgIpc) is 2.87. The predicted molar refractivity (Wildman–Crippen MR) is 76.9 cm³/mol. The highest BCUT2D eigenvalue weighted by atomic mass is 32.2. The number of hydrogen-bond donors (Lipinski definition) is 2. The molecule has 2 heterocycles. The van der Waals surface area contributed by atoms with Gasteiger partial charge in [-0.25, -0.2) is 0 Å². The number of nitrogens with one attached hydrogen (secondary N) is 2. The summed E-state index contributed by atoms with van der Waals surface area (Å²) in [4.78, 5) is 25.7. The zero-order valence-corrected chi connectivity index (χ0v) is 12.5. The van der Waals surface area contributed by atoms with Crippen LogP contribution in [0.3, 0.4) is 0 Å². The first-order chi connectivity index (χ1) is 9.08. The summed E-state index contributed by atoms with van der Waals surface area (Å²) in [5.41, 5.74) is 0. The summed E-state index contributed by atoms with van der Waals surface area (Å²) >= 11 is 1.73. The molecule has 0 spiro atoms. The monoisotopic (exact) mass is 285 g/mol. The summed E-state index contributed by atoms with van der Waals surface area (Å²) < 4.78 is 0. The Balaban J connectivity index is 1.81. The van der Waals surface area contributed by atoms with E-state index < -0.39 is 0 Å². The van der Waals surface area contributed by atoms with Gasteiger partial charge in [0.1, 0.15) is 6.04 Å². The van der Waals surface area contributed by atoms with Gasteiger partial charge in [0.15, 0.2) is 0 Å². The highest BCUT2D eigenvalue weighted by molar-refractivity contribution is 8.01. The molecule has 2 aliphatic rings. The van der Waals surface area contributed by atoms with Gasteiger partial charge in [0.25, 0.3) is 0 Å². The van der Waals surface area contributed by atoms with Crippen LogP contribution in [0.2, 0.25) is 0 Å². The van der Waals surface area contributed by atoms with Crippen LogP contribution in [0, 0.1) is 0 Å². The first-order valence-electron chi connectivity index (χ1n) is 7.03. The summed E-state index contributed by atoms with van der Waals surface area (Å²) in [6.07, 6.45) is 2.53.